The van der Waals surface area contributed by atoms with Crippen LogP contribution in [0.2, 0.25) is 0 Å². The Morgan fingerprint density at radius 1 is 1.04 bits per heavy atom. The Bertz CT molecular complexity index is 711. The summed E-state index contributed by atoms with van der Waals surface area (Å²) in [6.45, 7) is 11.9. The normalized spacial score (nSPS) is 11.3. The minimum absolute atomic E-state index is 0.0888. The highest BCUT2D eigenvalue weighted by Gasteiger charge is 2.25. The molecule has 0 bridgehead atoms. The van der Waals surface area contributed by atoms with Crippen molar-refractivity contribution in [1.82, 2.24) is 8.75 Å². The number of carboxylic acid groups (broad SMARTS) is 2. The molecule has 152 valence electrons. The topological polar surface area (TPSA) is 100 Å². The molecule has 1 unspecified atom stereocenters. The van der Waals surface area contributed by atoms with Crippen molar-refractivity contribution < 1.29 is 19.8 Å². The van der Waals surface area contributed by atoms with Gasteiger partial charge in [-0.15, -0.1) is 0 Å². The molecule has 1 atom stereocenters. The Hall–Kier alpha value is -1.07. The van der Waals surface area contributed by atoms with Gasteiger partial charge in [0.05, 0.1) is 23.7 Å². The quantitative estimate of drug-likeness (QED) is 0.411. The second-order valence-corrected chi connectivity index (χ2v) is 10.7. The van der Waals surface area contributed by atoms with Gasteiger partial charge in [-0.1, -0.05) is 50.3 Å². The first-order valence-corrected chi connectivity index (χ1v) is 11.2. The molecule has 0 saturated carbocycles. The largest absolute Gasteiger partial charge is 0.481 e. The van der Waals surface area contributed by atoms with Crippen molar-refractivity contribution >= 4 is 57.6 Å². The van der Waals surface area contributed by atoms with E-state index in [1.54, 1.807) is 6.07 Å². The third-order valence-corrected chi connectivity index (χ3v) is 4.73. The van der Waals surface area contributed by atoms with Crippen LogP contribution in [0.4, 0.5) is 0 Å². The van der Waals surface area contributed by atoms with Gasteiger partial charge in [0.15, 0.2) is 0 Å². The molecule has 2 aromatic heterocycles. The molecule has 27 heavy (non-hydrogen) atoms. The van der Waals surface area contributed by atoms with E-state index in [1.807, 2.05) is 33.8 Å². The first kappa shape index (κ1) is 25.9. The lowest BCUT2D eigenvalue weighted by Crippen LogP contribution is -2.16. The molecule has 2 N–H and O–H groups in total. The molecule has 0 aliphatic rings. The summed E-state index contributed by atoms with van der Waals surface area (Å²) in [5.41, 5.74) is 1.79. The van der Waals surface area contributed by atoms with Gasteiger partial charge in [0.2, 0.25) is 0 Å². The van der Waals surface area contributed by atoms with E-state index < -0.39 is 17.9 Å². The summed E-state index contributed by atoms with van der Waals surface area (Å²) >= 11 is 4.87. The second kappa shape index (κ2) is 13.2. The monoisotopic (exact) mass is 526 g/mol. The molecule has 2 heterocycles. The van der Waals surface area contributed by atoms with Gasteiger partial charge in [-0.3, -0.25) is 9.59 Å². The number of alkyl halides is 1. The lowest BCUT2D eigenvalue weighted by atomic mass is 9.94. The SMILES string of the molecule is CC(C)I.Cc1cc(C(C(=O)O)C(C)C)sn1.Cc1cc(CC(=O)O)sn1. The summed E-state index contributed by atoms with van der Waals surface area (Å²) < 4.78 is 8.83. The van der Waals surface area contributed by atoms with Crippen LogP contribution in [0.15, 0.2) is 12.1 Å². The zero-order chi connectivity index (χ0) is 21.1. The van der Waals surface area contributed by atoms with Gasteiger partial charge in [0.1, 0.15) is 0 Å². The van der Waals surface area contributed by atoms with E-state index in [0.29, 0.717) is 0 Å². The van der Waals surface area contributed by atoms with E-state index in [1.165, 1.54) is 23.1 Å². The standard InChI is InChI=1S/C9H13NO2S.C6H7NO2S.C3H7I/c1-5(2)8(9(11)12)7-4-6(3)10-13-7;1-4-2-5(10-7-4)3-6(8)9;1-3(2)4/h4-5,8H,1-3H3,(H,11,12);2H,3H2,1H3,(H,8,9);3H,1-2H3. The lowest BCUT2D eigenvalue weighted by Gasteiger charge is -2.12. The van der Waals surface area contributed by atoms with Gasteiger partial charge in [0, 0.05) is 13.7 Å². The first-order chi connectivity index (χ1) is 12.4. The molecule has 0 radical (unpaired) electrons. The molecule has 0 fully saturated rings. The highest BCUT2D eigenvalue weighted by molar-refractivity contribution is 14.1. The van der Waals surface area contributed by atoms with Crippen LogP contribution in [0, 0.1) is 19.8 Å². The second-order valence-electron chi connectivity index (χ2n) is 6.45. The third-order valence-electron chi connectivity index (χ3n) is 2.89. The predicted octanol–water partition coefficient (Wildman–Crippen LogP) is 5.18. The Morgan fingerprint density at radius 2 is 1.52 bits per heavy atom. The summed E-state index contributed by atoms with van der Waals surface area (Å²) in [7, 11) is 0. The maximum Gasteiger partial charge on any atom is 0.312 e. The van der Waals surface area contributed by atoms with Crippen LogP contribution in [-0.4, -0.2) is 34.8 Å². The molecule has 2 aromatic rings. The molecule has 0 amide bonds. The van der Waals surface area contributed by atoms with Gasteiger partial charge >= 0.3 is 11.9 Å². The molecule has 0 saturated heterocycles. The summed E-state index contributed by atoms with van der Waals surface area (Å²) in [5.74, 6) is -1.87. The number of halogens is 1. The fourth-order valence-corrected chi connectivity index (χ4v) is 3.65. The molecular formula is C18H27IN2O4S2. The maximum atomic E-state index is 10.9. The van der Waals surface area contributed by atoms with Crippen molar-refractivity contribution in [2.75, 3.05) is 0 Å². The van der Waals surface area contributed by atoms with E-state index in [-0.39, 0.29) is 12.3 Å². The van der Waals surface area contributed by atoms with Crippen LogP contribution in [0.5, 0.6) is 0 Å². The number of hydrogen-bond acceptors (Lipinski definition) is 6. The highest BCUT2D eigenvalue weighted by atomic mass is 127. The summed E-state index contributed by atoms with van der Waals surface area (Å²) in [5, 5.41) is 17.3. The van der Waals surface area contributed by atoms with Crippen molar-refractivity contribution in [3.05, 3.63) is 33.3 Å². The number of carboxylic acids is 2. The Kier molecular flexibility index (Phi) is 12.6. The smallest absolute Gasteiger partial charge is 0.312 e. The molecular weight excluding hydrogens is 499 g/mol. The number of carbonyl (C=O) groups is 2. The van der Waals surface area contributed by atoms with E-state index >= 15 is 0 Å². The number of aromatic nitrogens is 2. The van der Waals surface area contributed by atoms with Crippen LogP contribution in [-0.2, 0) is 16.0 Å². The Labute approximate surface area is 182 Å². The summed E-state index contributed by atoms with van der Waals surface area (Å²) in [6, 6.07) is 3.64. The van der Waals surface area contributed by atoms with E-state index in [0.717, 1.165) is 25.1 Å². The van der Waals surface area contributed by atoms with Crippen LogP contribution >= 0.6 is 45.7 Å². The van der Waals surface area contributed by atoms with Gasteiger partial charge in [-0.25, -0.2) is 0 Å². The van der Waals surface area contributed by atoms with Crippen LogP contribution in [0.25, 0.3) is 0 Å². The predicted molar refractivity (Wildman–Crippen MR) is 119 cm³/mol. The minimum atomic E-state index is -0.802. The van der Waals surface area contributed by atoms with Gasteiger partial charge in [0.25, 0.3) is 0 Å². The molecule has 0 spiro atoms. The van der Waals surface area contributed by atoms with Crippen LogP contribution < -0.4 is 0 Å². The number of aliphatic carboxylic acids is 2. The Morgan fingerprint density at radius 3 is 1.81 bits per heavy atom. The number of nitrogens with zero attached hydrogens (tertiary/aromatic N) is 2. The van der Waals surface area contributed by atoms with Crippen LogP contribution in [0.3, 0.4) is 0 Å². The van der Waals surface area contributed by atoms with Crippen molar-refractivity contribution in [3.63, 3.8) is 0 Å². The fraction of sp³-hybridized carbons (Fsp3) is 0.556. The molecule has 6 nitrogen and oxygen atoms in total. The first-order valence-electron chi connectivity index (χ1n) is 8.38. The number of rotatable bonds is 5. The molecule has 0 aliphatic carbocycles. The fourth-order valence-electron chi connectivity index (χ4n) is 1.91. The van der Waals surface area contributed by atoms with Gasteiger partial charge in [-0.2, -0.15) is 8.75 Å². The number of aryl methyl sites for hydroxylation is 2. The summed E-state index contributed by atoms with van der Waals surface area (Å²) in [6.07, 6.45) is 0.0888. The third kappa shape index (κ3) is 12.1. The average Bonchev–Trinajstić information content (AvgIpc) is 3.06. The van der Waals surface area contributed by atoms with Crippen molar-refractivity contribution in [1.29, 1.82) is 0 Å². The zero-order valence-electron chi connectivity index (χ0n) is 16.4. The Balaban J connectivity index is 0.000000428. The highest BCUT2D eigenvalue weighted by Crippen LogP contribution is 2.28. The van der Waals surface area contributed by atoms with E-state index in [2.05, 4.69) is 45.2 Å². The minimum Gasteiger partial charge on any atom is -0.481 e. The molecule has 0 aromatic carbocycles. The van der Waals surface area contributed by atoms with Crippen molar-refractivity contribution in [2.45, 2.75) is 57.8 Å². The van der Waals surface area contributed by atoms with Gasteiger partial charge in [-0.05, 0) is 55.0 Å². The van der Waals surface area contributed by atoms with Gasteiger partial charge < -0.3 is 10.2 Å². The maximum absolute atomic E-state index is 10.9. The van der Waals surface area contributed by atoms with Crippen molar-refractivity contribution in [2.24, 2.45) is 5.92 Å². The average molecular weight is 526 g/mol. The molecule has 2 rings (SSSR count). The number of hydrogen-bond donors (Lipinski definition) is 2. The molecule has 0 aliphatic heterocycles. The van der Waals surface area contributed by atoms with Crippen molar-refractivity contribution in [3.8, 4) is 0 Å². The summed E-state index contributed by atoms with van der Waals surface area (Å²) in [4.78, 5) is 22.7. The van der Waals surface area contributed by atoms with E-state index in [9.17, 15) is 9.59 Å². The lowest BCUT2D eigenvalue weighted by molar-refractivity contribution is -0.140. The van der Waals surface area contributed by atoms with Crippen LogP contribution in [0.1, 0.15) is 54.8 Å². The zero-order valence-corrected chi connectivity index (χ0v) is 20.2. The molecule has 9 heteroatoms. The van der Waals surface area contributed by atoms with E-state index in [4.69, 9.17) is 10.2 Å².